The highest BCUT2D eigenvalue weighted by Gasteiger charge is 2.32. The van der Waals surface area contributed by atoms with Crippen LogP contribution in [0.1, 0.15) is 47.9 Å². The number of nitrogens with one attached hydrogen (secondary N) is 1. The highest BCUT2D eigenvalue weighted by Crippen LogP contribution is 2.42. The fraction of sp³-hybridized carbons (Fsp3) is 0.375. The van der Waals surface area contributed by atoms with Crippen molar-refractivity contribution >= 4 is 10.0 Å². The molecule has 1 aromatic heterocycles. The number of hydrogen-bond acceptors (Lipinski definition) is 3. The Hall–Kier alpha value is -2.51. The maximum absolute atomic E-state index is 13.7. The summed E-state index contributed by atoms with van der Waals surface area (Å²) in [5, 5.41) is 3.94. The van der Waals surface area contributed by atoms with Crippen molar-refractivity contribution in [2.24, 2.45) is 13.0 Å². The van der Waals surface area contributed by atoms with Crippen molar-refractivity contribution < 1.29 is 12.8 Å². The summed E-state index contributed by atoms with van der Waals surface area (Å²) in [7, 11) is -1.93. The Morgan fingerprint density at radius 2 is 2.03 bits per heavy atom. The summed E-state index contributed by atoms with van der Waals surface area (Å²) in [6.07, 6.45) is 6.86. The van der Waals surface area contributed by atoms with Crippen molar-refractivity contribution in [1.29, 1.82) is 0 Å². The second-order valence-electron chi connectivity index (χ2n) is 8.40. The summed E-state index contributed by atoms with van der Waals surface area (Å²) in [6.45, 7) is 2.41. The Bertz CT molecular complexity index is 1170. The first-order valence-corrected chi connectivity index (χ1v) is 12.2. The summed E-state index contributed by atoms with van der Waals surface area (Å²) in [4.78, 5) is 0.156. The second kappa shape index (κ2) is 8.93. The molecule has 2 aromatic carbocycles. The molecule has 3 aromatic rings. The average molecular weight is 442 g/mol. The van der Waals surface area contributed by atoms with Crippen molar-refractivity contribution in [3.63, 3.8) is 0 Å². The van der Waals surface area contributed by atoms with Crippen LogP contribution in [-0.2, 0) is 36.5 Å². The number of aromatic nitrogens is 2. The number of benzene rings is 2. The van der Waals surface area contributed by atoms with Gasteiger partial charge in [0.05, 0.1) is 6.20 Å². The minimum absolute atomic E-state index is 0.156. The topological polar surface area (TPSA) is 64.0 Å². The number of halogens is 1. The van der Waals surface area contributed by atoms with Gasteiger partial charge in [0.2, 0.25) is 10.0 Å². The molecule has 0 bridgehead atoms. The van der Waals surface area contributed by atoms with E-state index in [-0.39, 0.29) is 17.3 Å². The van der Waals surface area contributed by atoms with Gasteiger partial charge >= 0.3 is 0 Å². The van der Waals surface area contributed by atoms with Gasteiger partial charge in [-0.05, 0) is 65.5 Å². The van der Waals surface area contributed by atoms with Crippen LogP contribution in [0.5, 0.6) is 0 Å². The van der Waals surface area contributed by atoms with E-state index in [1.54, 1.807) is 19.2 Å². The number of nitrogens with zero attached hydrogens (tertiary/aromatic N) is 2. The lowest BCUT2D eigenvalue weighted by Gasteiger charge is -2.21. The molecule has 2 atom stereocenters. The summed E-state index contributed by atoms with van der Waals surface area (Å²) in [5.41, 5.74) is 4.51. The van der Waals surface area contributed by atoms with Gasteiger partial charge in [0.25, 0.3) is 0 Å². The zero-order valence-corrected chi connectivity index (χ0v) is 18.7. The molecule has 1 N–H and O–H groups in total. The smallest absolute Gasteiger partial charge is 0.243 e. The van der Waals surface area contributed by atoms with Gasteiger partial charge in [-0.15, -0.1) is 0 Å². The molecule has 2 unspecified atom stereocenters. The van der Waals surface area contributed by atoms with E-state index in [0.717, 1.165) is 36.8 Å². The van der Waals surface area contributed by atoms with Crippen LogP contribution in [0, 0.1) is 11.7 Å². The first-order chi connectivity index (χ1) is 14.9. The molecule has 0 amide bonds. The molecule has 7 heteroatoms. The Morgan fingerprint density at radius 1 is 1.19 bits per heavy atom. The third kappa shape index (κ3) is 4.88. The Morgan fingerprint density at radius 3 is 2.74 bits per heavy atom. The minimum atomic E-state index is -3.61. The van der Waals surface area contributed by atoms with Crippen molar-refractivity contribution in [2.45, 2.75) is 50.0 Å². The van der Waals surface area contributed by atoms with Crippen LogP contribution in [0.4, 0.5) is 4.39 Å². The largest absolute Gasteiger partial charge is 0.274 e. The maximum Gasteiger partial charge on any atom is 0.243 e. The van der Waals surface area contributed by atoms with Crippen LogP contribution in [-0.4, -0.2) is 18.2 Å². The molecule has 4 rings (SSSR count). The number of aryl methyl sites for hydroxylation is 1. The Balaban J connectivity index is 1.55. The molecule has 31 heavy (non-hydrogen) atoms. The number of fused-ring (bicyclic) bond motifs is 1. The van der Waals surface area contributed by atoms with Gasteiger partial charge in [0, 0.05) is 19.8 Å². The Kier molecular flexibility index (Phi) is 6.25. The second-order valence-corrected chi connectivity index (χ2v) is 10.2. The quantitative estimate of drug-likeness (QED) is 0.566. The first kappa shape index (κ1) is 21.7. The van der Waals surface area contributed by atoms with E-state index in [9.17, 15) is 12.8 Å². The summed E-state index contributed by atoms with van der Waals surface area (Å²) in [5.74, 6) is 0.624. The summed E-state index contributed by atoms with van der Waals surface area (Å²) < 4.78 is 42.9. The molecule has 5 nitrogen and oxygen atoms in total. The highest BCUT2D eigenvalue weighted by molar-refractivity contribution is 7.89. The van der Waals surface area contributed by atoms with Gasteiger partial charge in [-0.3, -0.25) is 4.68 Å². The molecule has 0 radical (unpaired) electrons. The predicted molar refractivity (Wildman–Crippen MR) is 119 cm³/mol. The van der Waals surface area contributed by atoms with E-state index in [4.69, 9.17) is 0 Å². The van der Waals surface area contributed by atoms with Gasteiger partial charge < -0.3 is 0 Å². The van der Waals surface area contributed by atoms with E-state index in [0.29, 0.717) is 11.8 Å². The Labute approximate surface area is 183 Å². The fourth-order valence-electron chi connectivity index (χ4n) is 4.63. The molecule has 0 saturated carbocycles. The molecule has 0 spiro atoms. The lowest BCUT2D eigenvalue weighted by atomic mass is 9.84. The van der Waals surface area contributed by atoms with Gasteiger partial charge in [0.1, 0.15) is 10.7 Å². The van der Waals surface area contributed by atoms with Crippen LogP contribution in [0.15, 0.2) is 59.8 Å². The highest BCUT2D eigenvalue weighted by atomic mass is 32.2. The van der Waals surface area contributed by atoms with Gasteiger partial charge in [-0.1, -0.05) is 43.7 Å². The molecule has 1 aliphatic rings. The number of sulfonamides is 1. The molecule has 0 fully saturated rings. The van der Waals surface area contributed by atoms with Crippen LogP contribution in [0.3, 0.4) is 0 Å². The number of hydrogen-bond donors (Lipinski definition) is 1. The van der Waals surface area contributed by atoms with Crippen molar-refractivity contribution in [2.75, 3.05) is 0 Å². The lowest BCUT2D eigenvalue weighted by molar-refractivity contribution is 0.418. The maximum atomic E-state index is 13.7. The average Bonchev–Trinajstić information content (AvgIpc) is 3.31. The normalized spacial score (nSPS) is 18.3. The van der Waals surface area contributed by atoms with Crippen molar-refractivity contribution in [1.82, 2.24) is 14.5 Å². The zero-order chi connectivity index (χ0) is 22.0. The van der Waals surface area contributed by atoms with Crippen LogP contribution in [0.25, 0.3) is 0 Å². The third-order valence-corrected chi connectivity index (χ3v) is 7.48. The lowest BCUT2D eigenvalue weighted by Crippen LogP contribution is -2.23. The molecule has 0 aliphatic heterocycles. The number of rotatable bonds is 8. The minimum Gasteiger partial charge on any atom is -0.274 e. The SMILES string of the molecule is CCCC1Cc2ccc(CNS(=O)(=O)c3cnn(C)c3)cc2C1Cc1cccc(F)c1. The third-order valence-electron chi connectivity index (χ3n) is 6.12. The fourth-order valence-corrected chi connectivity index (χ4v) is 5.63. The summed E-state index contributed by atoms with van der Waals surface area (Å²) in [6, 6.07) is 13.1. The zero-order valence-electron chi connectivity index (χ0n) is 17.9. The molecular weight excluding hydrogens is 413 g/mol. The molecule has 0 saturated heterocycles. The van der Waals surface area contributed by atoms with E-state index < -0.39 is 10.0 Å². The first-order valence-electron chi connectivity index (χ1n) is 10.7. The van der Waals surface area contributed by atoms with Gasteiger partial charge in [0.15, 0.2) is 0 Å². The standard InChI is InChI=1S/C24H28FN3O2S/c1-3-5-19-13-20-9-8-18(14-27-31(29,30)22-15-26-28(2)16-22)12-24(20)23(19)11-17-6-4-7-21(25)10-17/h4,6-10,12,15-16,19,23,27H,3,5,11,13-14H2,1-2H3. The molecule has 164 valence electrons. The molecule has 1 aliphatic carbocycles. The van der Waals surface area contributed by atoms with Crippen LogP contribution >= 0.6 is 0 Å². The summed E-state index contributed by atoms with van der Waals surface area (Å²) >= 11 is 0. The van der Waals surface area contributed by atoms with Gasteiger partial charge in [-0.2, -0.15) is 5.10 Å². The van der Waals surface area contributed by atoms with Crippen molar-refractivity contribution in [3.8, 4) is 0 Å². The van der Waals surface area contributed by atoms with E-state index in [1.807, 2.05) is 12.1 Å². The van der Waals surface area contributed by atoms with Crippen LogP contribution < -0.4 is 4.72 Å². The molecule has 1 heterocycles. The van der Waals surface area contributed by atoms with Crippen molar-refractivity contribution in [3.05, 3.63) is 82.9 Å². The predicted octanol–water partition coefficient (Wildman–Crippen LogP) is 4.34. The van der Waals surface area contributed by atoms with Gasteiger partial charge in [-0.25, -0.2) is 17.5 Å². The van der Waals surface area contributed by atoms with E-state index >= 15 is 0 Å². The van der Waals surface area contributed by atoms with E-state index in [1.165, 1.54) is 34.3 Å². The monoisotopic (exact) mass is 441 g/mol. The van der Waals surface area contributed by atoms with E-state index in [2.05, 4.69) is 28.9 Å². The van der Waals surface area contributed by atoms with Crippen LogP contribution in [0.2, 0.25) is 0 Å². The molecular formula is C24H28FN3O2S.